The normalized spacial score (nSPS) is 11.6. The van der Waals surface area contributed by atoms with Crippen molar-refractivity contribution >= 4 is 51.4 Å². The van der Waals surface area contributed by atoms with Gasteiger partial charge in [-0.15, -0.1) is 11.3 Å². The Hall–Kier alpha value is -2.75. The topological polar surface area (TPSA) is 59.9 Å². The number of H-pyrrole nitrogens is 1. The summed E-state index contributed by atoms with van der Waals surface area (Å²) in [5.41, 5.74) is 3.75. The summed E-state index contributed by atoms with van der Waals surface area (Å²) in [6, 6.07) is 15.4. The van der Waals surface area contributed by atoms with E-state index in [0.717, 1.165) is 27.0 Å². The molecule has 0 bridgehead atoms. The molecule has 0 fully saturated rings. The number of nitriles is 1. The molecule has 1 N–H and O–H groups in total. The number of carbonyl (C=O) groups excluding carboxylic acids is 1. The number of nitrogens with zero attached hydrogens (tertiary/aromatic N) is 2. The molecule has 0 saturated heterocycles. The Balaban J connectivity index is 2.01. The first-order valence-electron chi connectivity index (χ1n) is 8.54. The lowest BCUT2D eigenvalue weighted by atomic mass is 10.1. The molecule has 0 aliphatic carbocycles. The Kier molecular flexibility index (Phi) is 5.54. The van der Waals surface area contributed by atoms with Gasteiger partial charge in [0.25, 0.3) is 5.91 Å². The number of anilines is 1. The summed E-state index contributed by atoms with van der Waals surface area (Å²) < 4.78 is 1.68. The van der Waals surface area contributed by atoms with E-state index in [0.29, 0.717) is 3.95 Å². The van der Waals surface area contributed by atoms with Crippen molar-refractivity contribution in [1.29, 1.82) is 5.26 Å². The number of aromatic nitrogens is 1. The zero-order valence-corrected chi connectivity index (χ0v) is 16.9. The molecule has 2 aromatic carbocycles. The number of rotatable bonds is 4. The number of benzene rings is 2. The average molecular weight is 394 g/mol. The minimum atomic E-state index is -0.313. The van der Waals surface area contributed by atoms with Gasteiger partial charge in [0.2, 0.25) is 0 Å². The number of nitrogens with one attached hydrogen (secondary N) is 1. The van der Waals surface area contributed by atoms with Crippen molar-refractivity contribution in [2.24, 2.45) is 0 Å². The fraction of sp³-hybridized carbons (Fsp3) is 0.190. The van der Waals surface area contributed by atoms with E-state index in [2.05, 4.69) is 11.1 Å². The monoisotopic (exact) mass is 393 g/mol. The van der Waals surface area contributed by atoms with Gasteiger partial charge in [0.05, 0.1) is 10.2 Å². The second kappa shape index (κ2) is 7.87. The summed E-state index contributed by atoms with van der Waals surface area (Å²) in [4.78, 5) is 17.9. The predicted octanol–water partition coefficient (Wildman–Crippen LogP) is 5.62. The van der Waals surface area contributed by atoms with Gasteiger partial charge in [-0.3, -0.25) is 4.79 Å². The van der Waals surface area contributed by atoms with Crippen molar-refractivity contribution in [3.63, 3.8) is 0 Å². The van der Waals surface area contributed by atoms with Crippen molar-refractivity contribution < 1.29 is 4.79 Å². The van der Waals surface area contributed by atoms with Gasteiger partial charge in [-0.25, -0.2) is 0 Å². The number of thiazole rings is 1. The van der Waals surface area contributed by atoms with Crippen LogP contribution in [0.25, 0.3) is 16.3 Å². The maximum absolute atomic E-state index is 13.1. The Morgan fingerprint density at radius 1 is 1.26 bits per heavy atom. The zero-order valence-electron chi connectivity index (χ0n) is 15.3. The van der Waals surface area contributed by atoms with Crippen LogP contribution in [0.1, 0.15) is 25.0 Å². The third kappa shape index (κ3) is 4.16. The highest BCUT2D eigenvalue weighted by molar-refractivity contribution is 7.73. The number of hydrogen-bond acceptors (Lipinski definition) is 4. The number of aryl methyl sites for hydroxylation is 1. The van der Waals surface area contributed by atoms with Gasteiger partial charge in [0.15, 0.2) is 3.95 Å². The first kappa shape index (κ1) is 19.0. The van der Waals surface area contributed by atoms with Crippen LogP contribution in [0.4, 0.5) is 5.69 Å². The molecule has 4 nitrogen and oxygen atoms in total. The van der Waals surface area contributed by atoms with Gasteiger partial charge in [-0.05, 0) is 62.8 Å². The summed E-state index contributed by atoms with van der Waals surface area (Å²) in [6.45, 7) is 5.86. The molecule has 1 heterocycles. The fourth-order valence-corrected chi connectivity index (χ4v) is 3.98. The molecule has 0 aliphatic rings. The molecular weight excluding hydrogens is 374 g/mol. The molecule has 136 valence electrons. The molecule has 3 aromatic rings. The van der Waals surface area contributed by atoms with Crippen LogP contribution in [-0.2, 0) is 4.79 Å². The predicted molar refractivity (Wildman–Crippen MR) is 114 cm³/mol. The second-order valence-electron chi connectivity index (χ2n) is 6.54. The highest BCUT2D eigenvalue weighted by Gasteiger charge is 2.23. The number of fused-ring (bicyclic) bond motifs is 1. The van der Waals surface area contributed by atoms with Gasteiger partial charge >= 0.3 is 0 Å². The molecule has 0 radical (unpaired) electrons. The van der Waals surface area contributed by atoms with E-state index in [9.17, 15) is 10.1 Å². The van der Waals surface area contributed by atoms with Gasteiger partial charge in [-0.1, -0.05) is 29.8 Å². The highest BCUT2D eigenvalue weighted by Crippen LogP contribution is 2.28. The minimum Gasteiger partial charge on any atom is -0.337 e. The van der Waals surface area contributed by atoms with E-state index in [-0.39, 0.29) is 17.5 Å². The molecule has 0 unspecified atom stereocenters. The Labute approximate surface area is 167 Å². The van der Waals surface area contributed by atoms with Gasteiger partial charge in [0.1, 0.15) is 11.6 Å². The van der Waals surface area contributed by atoms with E-state index in [1.54, 1.807) is 11.0 Å². The lowest BCUT2D eigenvalue weighted by molar-refractivity contribution is -0.115. The number of amides is 1. The van der Waals surface area contributed by atoms with Crippen molar-refractivity contribution in [2.75, 3.05) is 4.90 Å². The van der Waals surface area contributed by atoms with Crippen LogP contribution >= 0.6 is 23.6 Å². The Morgan fingerprint density at radius 2 is 1.96 bits per heavy atom. The van der Waals surface area contributed by atoms with Crippen molar-refractivity contribution in [3.05, 3.63) is 63.1 Å². The molecule has 27 heavy (non-hydrogen) atoms. The summed E-state index contributed by atoms with van der Waals surface area (Å²) in [7, 11) is 0. The SMILES string of the molecule is Cc1ccc(C=C(C#N)C(=O)N(c2ccc3[nH]c(=S)sc3c2)C(C)C)cc1. The van der Waals surface area contributed by atoms with Crippen molar-refractivity contribution in [3.8, 4) is 6.07 Å². The first-order chi connectivity index (χ1) is 12.9. The molecule has 1 amide bonds. The Bertz CT molecular complexity index is 1110. The average Bonchev–Trinajstić information content (AvgIpc) is 3.00. The van der Waals surface area contributed by atoms with Gasteiger partial charge in [0, 0.05) is 11.7 Å². The summed E-state index contributed by atoms with van der Waals surface area (Å²) in [5.74, 6) is -0.313. The quantitative estimate of drug-likeness (QED) is 0.356. The maximum atomic E-state index is 13.1. The summed E-state index contributed by atoms with van der Waals surface area (Å²) >= 11 is 6.66. The largest absolute Gasteiger partial charge is 0.337 e. The lowest BCUT2D eigenvalue weighted by Gasteiger charge is -2.26. The van der Waals surface area contributed by atoms with E-state index in [1.165, 1.54) is 11.3 Å². The molecule has 0 spiro atoms. The second-order valence-corrected chi connectivity index (χ2v) is 8.26. The number of carbonyl (C=O) groups is 1. The third-order valence-electron chi connectivity index (χ3n) is 4.16. The minimum absolute atomic E-state index is 0.100. The van der Waals surface area contributed by atoms with E-state index in [1.807, 2.05) is 63.2 Å². The first-order valence-corrected chi connectivity index (χ1v) is 9.76. The van der Waals surface area contributed by atoms with Gasteiger partial charge in [-0.2, -0.15) is 5.26 Å². The Morgan fingerprint density at radius 3 is 2.59 bits per heavy atom. The maximum Gasteiger partial charge on any atom is 0.269 e. The van der Waals surface area contributed by atoms with Crippen LogP contribution in [0.5, 0.6) is 0 Å². The molecular formula is C21H19N3OS2. The molecule has 6 heteroatoms. The van der Waals surface area contributed by atoms with Crippen LogP contribution < -0.4 is 4.90 Å². The van der Waals surface area contributed by atoms with Gasteiger partial charge < -0.3 is 9.88 Å². The fourth-order valence-electron chi connectivity index (χ4n) is 2.83. The van der Waals surface area contributed by atoms with Crippen LogP contribution in [-0.4, -0.2) is 16.9 Å². The third-order valence-corrected chi connectivity index (χ3v) is 5.35. The van der Waals surface area contributed by atoms with Crippen LogP contribution in [0, 0.1) is 22.2 Å². The van der Waals surface area contributed by atoms with E-state index in [4.69, 9.17) is 12.2 Å². The van der Waals surface area contributed by atoms with Crippen molar-refractivity contribution in [1.82, 2.24) is 4.98 Å². The molecule has 0 aliphatic heterocycles. The van der Waals surface area contributed by atoms with E-state index < -0.39 is 0 Å². The van der Waals surface area contributed by atoms with E-state index >= 15 is 0 Å². The standard InChI is InChI=1S/C21H19N3OS2/c1-13(2)24(17-8-9-18-19(11-17)27-21(26)23-18)20(25)16(12-22)10-15-6-4-14(3)5-7-15/h4-11,13H,1-3H3,(H,23,26). The van der Waals surface area contributed by atoms with Crippen LogP contribution in [0.2, 0.25) is 0 Å². The molecule has 0 saturated carbocycles. The molecule has 1 aromatic heterocycles. The number of hydrogen-bond donors (Lipinski definition) is 1. The summed E-state index contributed by atoms with van der Waals surface area (Å²) in [6.07, 6.45) is 1.63. The number of aromatic amines is 1. The smallest absolute Gasteiger partial charge is 0.269 e. The van der Waals surface area contributed by atoms with Crippen LogP contribution in [0.15, 0.2) is 48.0 Å². The molecule has 3 rings (SSSR count). The van der Waals surface area contributed by atoms with Crippen molar-refractivity contribution in [2.45, 2.75) is 26.8 Å². The molecule has 0 atom stereocenters. The zero-order chi connectivity index (χ0) is 19.6. The highest BCUT2D eigenvalue weighted by atomic mass is 32.1. The lowest BCUT2D eigenvalue weighted by Crippen LogP contribution is -2.37. The van der Waals surface area contributed by atoms with Crippen LogP contribution in [0.3, 0.4) is 0 Å². The summed E-state index contributed by atoms with van der Waals surface area (Å²) in [5, 5.41) is 9.58.